The van der Waals surface area contributed by atoms with E-state index in [0.717, 1.165) is 23.9 Å². The Kier molecular flexibility index (Phi) is 3.60. The Bertz CT molecular complexity index is 530. The first-order valence-electron chi connectivity index (χ1n) is 6.23. The molecule has 2 N–H and O–H groups in total. The zero-order valence-corrected chi connectivity index (χ0v) is 11.1. The van der Waals surface area contributed by atoms with Crippen molar-refractivity contribution in [3.8, 4) is 0 Å². The number of nitrogens with zero attached hydrogens (tertiary/aromatic N) is 4. The Hall–Kier alpha value is -1.91. The summed E-state index contributed by atoms with van der Waals surface area (Å²) in [5, 5.41) is 0. The van der Waals surface area contributed by atoms with Gasteiger partial charge in [-0.3, -0.25) is 0 Å². The van der Waals surface area contributed by atoms with E-state index >= 15 is 0 Å². The van der Waals surface area contributed by atoms with Gasteiger partial charge in [0.25, 0.3) is 0 Å². The standard InChI is InChI=1S/C13H19N5/c1-4-18-6-5-15-12(18)8-10-7-11(14)17-13(16-10)9(2)3/h5-7,9H,4,8H2,1-3H3,(H2,14,16,17). The minimum absolute atomic E-state index is 0.276. The maximum absolute atomic E-state index is 5.82. The molecule has 0 saturated heterocycles. The third-order valence-corrected chi connectivity index (χ3v) is 2.81. The molecule has 0 aliphatic carbocycles. The van der Waals surface area contributed by atoms with E-state index < -0.39 is 0 Å². The van der Waals surface area contributed by atoms with Gasteiger partial charge in [0.1, 0.15) is 17.5 Å². The molecule has 0 atom stereocenters. The van der Waals surface area contributed by atoms with Gasteiger partial charge in [0.2, 0.25) is 0 Å². The number of anilines is 1. The molecule has 0 aromatic carbocycles. The quantitative estimate of drug-likeness (QED) is 0.894. The molecule has 2 rings (SSSR count). The van der Waals surface area contributed by atoms with Gasteiger partial charge in [-0.1, -0.05) is 13.8 Å². The van der Waals surface area contributed by atoms with Crippen LogP contribution in [-0.2, 0) is 13.0 Å². The average molecular weight is 245 g/mol. The predicted octanol–water partition coefficient (Wildman–Crippen LogP) is 1.99. The smallest absolute Gasteiger partial charge is 0.133 e. The fraction of sp³-hybridized carbons (Fsp3) is 0.462. The minimum atomic E-state index is 0.276. The van der Waals surface area contributed by atoms with Gasteiger partial charge in [-0.05, 0) is 6.92 Å². The highest BCUT2D eigenvalue weighted by atomic mass is 15.1. The van der Waals surface area contributed by atoms with Crippen molar-refractivity contribution in [1.29, 1.82) is 0 Å². The summed E-state index contributed by atoms with van der Waals surface area (Å²) in [6.45, 7) is 7.13. The third kappa shape index (κ3) is 2.67. The molecule has 0 radical (unpaired) electrons. The summed E-state index contributed by atoms with van der Waals surface area (Å²) in [6.07, 6.45) is 4.48. The van der Waals surface area contributed by atoms with Crippen LogP contribution in [0.1, 0.15) is 44.0 Å². The van der Waals surface area contributed by atoms with E-state index in [1.165, 1.54) is 0 Å². The molecule has 2 aromatic heterocycles. The lowest BCUT2D eigenvalue weighted by Gasteiger charge is -2.09. The van der Waals surface area contributed by atoms with Crippen LogP contribution in [0.5, 0.6) is 0 Å². The van der Waals surface area contributed by atoms with Crippen molar-refractivity contribution >= 4 is 5.82 Å². The SMILES string of the molecule is CCn1ccnc1Cc1cc(N)nc(C(C)C)n1. The van der Waals surface area contributed by atoms with Gasteiger partial charge in [-0.2, -0.15) is 0 Å². The molecule has 5 nitrogen and oxygen atoms in total. The topological polar surface area (TPSA) is 69.6 Å². The maximum atomic E-state index is 5.82. The van der Waals surface area contributed by atoms with Crippen molar-refractivity contribution in [2.45, 2.75) is 39.7 Å². The van der Waals surface area contributed by atoms with Gasteiger partial charge >= 0.3 is 0 Å². The fourth-order valence-corrected chi connectivity index (χ4v) is 1.85. The van der Waals surface area contributed by atoms with Gasteiger partial charge in [0, 0.05) is 37.3 Å². The first-order chi connectivity index (χ1) is 8.60. The van der Waals surface area contributed by atoms with E-state index in [2.05, 4.69) is 40.3 Å². The molecular weight excluding hydrogens is 226 g/mol. The number of nitrogens with two attached hydrogens (primary N) is 1. The van der Waals surface area contributed by atoms with Crippen LogP contribution in [0.25, 0.3) is 0 Å². The summed E-state index contributed by atoms with van der Waals surface area (Å²) in [4.78, 5) is 13.1. The second kappa shape index (κ2) is 5.16. The van der Waals surface area contributed by atoms with E-state index in [1.807, 2.05) is 18.5 Å². The van der Waals surface area contributed by atoms with Gasteiger partial charge in [0.05, 0.1) is 5.69 Å². The molecule has 0 aliphatic heterocycles. The third-order valence-electron chi connectivity index (χ3n) is 2.81. The van der Waals surface area contributed by atoms with Crippen molar-refractivity contribution in [1.82, 2.24) is 19.5 Å². The zero-order chi connectivity index (χ0) is 13.1. The number of aromatic nitrogens is 4. The summed E-state index contributed by atoms with van der Waals surface area (Å²) < 4.78 is 2.10. The van der Waals surface area contributed by atoms with Crippen LogP contribution >= 0.6 is 0 Å². The molecule has 2 aromatic rings. The van der Waals surface area contributed by atoms with E-state index in [4.69, 9.17) is 5.73 Å². The zero-order valence-electron chi connectivity index (χ0n) is 11.1. The Morgan fingerprint density at radius 3 is 2.78 bits per heavy atom. The van der Waals surface area contributed by atoms with Crippen LogP contribution in [-0.4, -0.2) is 19.5 Å². The molecule has 0 aliphatic rings. The van der Waals surface area contributed by atoms with Crippen LogP contribution in [0.3, 0.4) is 0 Å². The van der Waals surface area contributed by atoms with Crippen LogP contribution in [0.2, 0.25) is 0 Å². The molecule has 0 spiro atoms. The lowest BCUT2D eigenvalue weighted by Crippen LogP contribution is -2.08. The molecular formula is C13H19N5. The number of hydrogen-bond acceptors (Lipinski definition) is 4. The average Bonchev–Trinajstić information content (AvgIpc) is 2.75. The highest BCUT2D eigenvalue weighted by Crippen LogP contribution is 2.14. The lowest BCUT2D eigenvalue weighted by atomic mass is 10.2. The number of nitrogen functional groups attached to an aromatic ring is 1. The summed E-state index contributed by atoms with van der Waals surface area (Å²) in [5.74, 6) is 2.60. The Balaban J connectivity index is 2.29. The molecule has 0 fully saturated rings. The van der Waals surface area contributed by atoms with Crippen LogP contribution < -0.4 is 5.73 Å². The van der Waals surface area contributed by atoms with E-state index in [1.54, 1.807) is 0 Å². The van der Waals surface area contributed by atoms with Gasteiger partial charge in [-0.15, -0.1) is 0 Å². The van der Waals surface area contributed by atoms with Gasteiger partial charge in [0.15, 0.2) is 0 Å². The minimum Gasteiger partial charge on any atom is -0.384 e. The number of rotatable bonds is 4. The molecule has 18 heavy (non-hydrogen) atoms. The predicted molar refractivity (Wildman–Crippen MR) is 71.2 cm³/mol. The molecule has 5 heteroatoms. The van der Waals surface area contributed by atoms with Crippen LogP contribution in [0, 0.1) is 0 Å². The molecule has 0 saturated carbocycles. The highest BCUT2D eigenvalue weighted by molar-refractivity contribution is 5.31. The molecule has 0 unspecified atom stereocenters. The molecule has 0 amide bonds. The molecule has 0 bridgehead atoms. The second-order valence-corrected chi connectivity index (χ2v) is 4.60. The van der Waals surface area contributed by atoms with Crippen molar-refractivity contribution in [3.63, 3.8) is 0 Å². The van der Waals surface area contributed by atoms with Crippen molar-refractivity contribution < 1.29 is 0 Å². The lowest BCUT2D eigenvalue weighted by molar-refractivity contribution is 0.701. The normalized spacial score (nSPS) is 11.1. The van der Waals surface area contributed by atoms with Gasteiger partial charge < -0.3 is 10.3 Å². The van der Waals surface area contributed by atoms with Crippen molar-refractivity contribution in [2.75, 3.05) is 5.73 Å². The first kappa shape index (κ1) is 12.5. The summed E-state index contributed by atoms with van der Waals surface area (Å²) in [5.41, 5.74) is 6.74. The monoisotopic (exact) mass is 245 g/mol. The highest BCUT2D eigenvalue weighted by Gasteiger charge is 2.09. The number of aryl methyl sites for hydroxylation is 1. The molecule has 2 heterocycles. The van der Waals surface area contributed by atoms with E-state index in [9.17, 15) is 0 Å². The van der Waals surface area contributed by atoms with Crippen molar-refractivity contribution in [3.05, 3.63) is 35.8 Å². The fourth-order valence-electron chi connectivity index (χ4n) is 1.85. The van der Waals surface area contributed by atoms with E-state index in [0.29, 0.717) is 12.2 Å². The summed E-state index contributed by atoms with van der Waals surface area (Å²) in [7, 11) is 0. The van der Waals surface area contributed by atoms with E-state index in [-0.39, 0.29) is 5.92 Å². The Labute approximate surface area is 107 Å². The van der Waals surface area contributed by atoms with Crippen LogP contribution in [0.15, 0.2) is 18.5 Å². The van der Waals surface area contributed by atoms with Crippen molar-refractivity contribution in [2.24, 2.45) is 0 Å². The molecule has 96 valence electrons. The summed E-state index contributed by atoms with van der Waals surface area (Å²) >= 11 is 0. The second-order valence-electron chi connectivity index (χ2n) is 4.60. The Morgan fingerprint density at radius 1 is 1.33 bits per heavy atom. The van der Waals surface area contributed by atoms with Crippen LogP contribution in [0.4, 0.5) is 5.82 Å². The Morgan fingerprint density at radius 2 is 2.11 bits per heavy atom. The first-order valence-corrected chi connectivity index (χ1v) is 6.23. The number of hydrogen-bond donors (Lipinski definition) is 1. The number of imidazole rings is 1. The summed E-state index contributed by atoms with van der Waals surface area (Å²) in [6, 6.07) is 1.82. The van der Waals surface area contributed by atoms with Gasteiger partial charge in [-0.25, -0.2) is 15.0 Å². The largest absolute Gasteiger partial charge is 0.384 e. The maximum Gasteiger partial charge on any atom is 0.133 e.